The third-order valence-corrected chi connectivity index (χ3v) is 6.30. The molecule has 0 bridgehead atoms. The quantitative estimate of drug-likeness (QED) is 0.146. The maximum Gasteiger partial charge on any atom is 0.363 e. The van der Waals surface area contributed by atoms with Gasteiger partial charge in [0.15, 0.2) is 11.4 Å². The summed E-state index contributed by atoms with van der Waals surface area (Å²) in [4.78, 5) is 33.6. The molecule has 0 amide bonds. The molecule has 0 spiro atoms. The Balaban J connectivity index is 1.12. The minimum Gasteiger partial charge on any atom is -0.489 e. The third-order valence-electron chi connectivity index (χ3n) is 6.30. The highest BCUT2D eigenvalue weighted by Crippen LogP contribution is 2.27. The molecule has 0 atom stereocenters. The van der Waals surface area contributed by atoms with Crippen molar-refractivity contribution in [3.8, 4) is 11.5 Å². The zero-order valence-electron chi connectivity index (χ0n) is 22.3. The van der Waals surface area contributed by atoms with Crippen LogP contribution in [0.3, 0.4) is 0 Å². The highest BCUT2D eigenvalue weighted by molar-refractivity contribution is 6.13. The average Bonchev–Trinajstić information content (AvgIpc) is 3.59. The molecule has 0 aromatic heterocycles. The molecule has 4 aromatic carbocycles. The Morgan fingerprint density at radius 2 is 0.905 bits per heavy atom. The SMILES string of the molecule is O=C1OC(c2ccccc2)=NC1=Cc1ccccc1OCCOc1ccccc1C=C1N=C(c2ccccc2)OC1=O. The fraction of sp³-hybridized carbons (Fsp3) is 0.0588. The third kappa shape index (κ3) is 6.03. The second-order valence-corrected chi connectivity index (χ2v) is 9.18. The molecule has 42 heavy (non-hydrogen) atoms. The number of carbonyl (C=O) groups is 2. The summed E-state index contributed by atoms with van der Waals surface area (Å²) in [5.74, 6) is 0.613. The van der Waals surface area contributed by atoms with Crippen LogP contribution in [0.1, 0.15) is 22.3 Å². The van der Waals surface area contributed by atoms with Crippen molar-refractivity contribution in [3.05, 3.63) is 143 Å². The number of carbonyl (C=O) groups excluding carboxylic acids is 2. The zero-order chi connectivity index (χ0) is 28.7. The van der Waals surface area contributed by atoms with Crippen molar-refractivity contribution >= 4 is 35.9 Å². The highest BCUT2D eigenvalue weighted by Gasteiger charge is 2.25. The summed E-state index contributed by atoms with van der Waals surface area (Å²) in [6, 6.07) is 33.2. The number of hydrogen-bond donors (Lipinski definition) is 0. The van der Waals surface area contributed by atoms with E-state index in [1.807, 2.05) is 97.1 Å². The maximum atomic E-state index is 12.4. The molecule has 0 saturated heterocycles. The minimum atomic E-state index is -0.524. The smallest absolute Gasteiger partial charge is 0.363 e. The van der Waals surface area contributed by atoms with Gasteiger partial charge in [-0.2, -0.15) is 0 Å². The largest absolute Gasteiger partial charge is 0.489 e. The number of ether oxygens (including phenoxy) is 4. The van der Waals surface area contributed by atoms with E-state index < -0.39 is 11.9 Å². The molecule has 2 heterocycles. The Bertz CT molecular complexity index is 1630. The van der Waals surface area contributed by atoms with Gasteiger partial charge in [0.1, 0.15) is 24.7 Å². The predicted molar refractivity (Wildman–Crippen MR) is 158 cm³/mol. The first-order valence-electron chi connectivity index (χ1n) is 13.2. The molecule has 8 nitrogen and oxygen atoms in total. The number of nitrogens with zero attached hydrogens (tertiary/aromatic N) is 2. The van der Waals surface area contributed by atoms with Gasteiger partial charge in [-0.05, 0) is 48.6 Å². The summed E-state index contributed by atoms with van der Waals surface area (Å²) in [6.07, 6.45) is 3.28. The fourth-order valence-corrected chi connectivity index (χ4v) is 4.29. The van der Waals surface area contributed by atoms with Crippen molar-refractivity contribution in [1.29, 1.82) is 0 Å². The van der Waals surface area contributed by atoms with E-state index in [0.29, 0.717) is 22.6 Å². The Labute approximate surface area is 241 Å². The molecule has 0 aliphatic carbocycles. The van der Waals surface area contributed by atoms with Crippen LogP contribution in [0.25, 0.3) is 12.2 Å². The van der Waals surface area contributed by atoms with E-state index in [4.69, 9.17) is 18.9 Å². The van der Waals surface area contributed by atoms with Gasteiger partial charge in [0.05, 0.1) is 0 Å². The van der Waals surface area contributed by atoms with E-state index in [-0.39, 0.29) is 36.4 Å². The number of hydrogen-bond acceptors (Lipinski definition) is 8. The maximum absolute atomic E-state index is 12.4. The van der Waals surface area contributed by atoms with Crippen LogP contribution in [0.5, 0.6) is 11.5 Å². The summed E-state index contributed by atoms with van der Waals surface area (Å²) in [6.45, 7) is 0.457. The highest BCUT2D eigenvalue weighted by atomic mass is 16.6. The molecule has 2 aliphatic heterocycles. The summed E-state index contributed by atoms with van der Waals surface area (Å²) in [5.41, 5.74) is 3.18. The molecule has 4 aromatic rings. The van der Waals surface area contributed by atoms with Crippen molar-refractivity contribution in [3.63, 3.8) is 0 Å². The molecule has 6 rings (SSSR count). The van der Waals surface area contributed by atoms with E-state index in [1.54, 1.807) is 24.3 Å². The first-order valence-corrected chi connectivity index (χ1v) is 13.2. The monoisotopic (exact) mass is 556 g/mol. The molecule has 0 saturated carbocycles. The summed E-state index contributed by atoms with van der Waals surface area (Å²) in [7, 11) is 0. The number of benzene rings is 4. The van der Waals surface area contributed by atoms with Crippen molar-refractivity contribution < 1.29 is 28.5 Å². The van der Waals surface area contributed by atoms with Gasteiger partial charge in [-0.1, -0.05) is 72.8 Å². The van der Waals surface area contributed by atoms with Crippen molar-refractivity contribution in [2.75, 3.05) is 13.2 Å². The molecule has 0 radical (unpaired) electrons. The van der Waals surface area contributed by atoms with Crippen molar-refractivity contribution in [2.24, 2.45) is 9.98 Å². The van der Waals surface area contributed by atoms with E-state index >= 15 is 0 Å². The first-order chi connectivity index (χ1) is 20.6. The van der Waals surface area contributed by atoms with E-state index in [0.717, 1.165) is 11.1 Å². The van der Waals surface area contributed by atoms with E-state index in [2.05, 4.69) is 9.98 Å². The average molecular weight is 557 g/mol. The second-order valence-electron chi connectivity index (χ2n) is 9.18. The number of esters is 2. The number of cyclic esters (lactones) is 2. The molecule has 206 valence electrons. The van der Waals surface area contributed by atoms with Crippen LogP contribution in [-0.2, 0) is 19.1 Å². The molecular weight excluding hydrogens is 532 g/mol. The lowest BCUT2D eigenvalue weighted by Crippen LogP contribution is -2.10. The standard InChI is InChI=1S/C34H24N2O6/c37-33-27(35-31(41-33)23-11-3-1-4-12-23)21-25-15-7-9-17-29(25)39-19-20-40-30-18-10-8-16-26(30)22-28-34(38)42-32(36-28)24-13-5-2-6-14-24/h1-18,21-22H,19-20H2. The molecule has 8 heteroatoms. The van der Waals surface area contributed by atoms with Crippen LogP contribution in [0.15, 0.2) is 131 Å². The van der Waals surface area contributed by atoms with Gasteiger partial charge in [-0.15, -0.1) is 0 Å². The lowest BCUT2D eigenvalue weighted by Gasteiger charge is -2.12. The molecule has 0 fully saturated rings. The Morgan fingerprint density at radius 1 is 0.524 bits per heavy atom. The van der Waals surface area contributed by atoms with Crippen molar-refractivity contribution in [2.45, 2.75) is 0 Å². The van der Waals surface area contributed by atoms with Gasteiger partial charge in [0.25, 0.3) is 0 Å². The van der Waals surface area contributed by atoms with Crippen LogP contribution >= 0.6 is 0 Å². The lowest BCUT2D eigenvalue weighted by molar-refractivity contribution is -0.130. The molecular formula is C34H24N2O6. The number of para-hydroxylation sites is 2. The van der Waals surface area contributed by atoms with Gasteiger partial charge in [-0.3, -0.25) is 0 Å². The molecule has 2 aliphatic rings. The van der Waals surface area contributed by atoms with E-state index in [1.165, 1.54) is 0 Å². The number of aliphatic imine (C=N–C) groups is 2. The molecule has 0 unspecified atom stereocenters. The Kier molecular flexibility index (Phi) is 7.67. The summed E-state index contributed by atoms with van der Waals surface area (Å²) >= 11 is 0. The van der Waals surface area contributed by atoms with Crippen LogP contribution in [0, 0.1) is 0 Å². The fourth-order valence-electron chi connectivity index (χ4n) is 4.29. The summed E-state index contributed by atoms with van der Waals surface area (Å²) < 4.78 is 22.7. The van der Waals surface area contributed by atoms with Gasteiger partial charge in [0, 0.05) is 22.3 Å². The van der Waals surface area contributed by atoms with Crippen LogP contribution in [0.4, 0.5) is 0 Å². The Hall–Kier alpha value is -5.76. The number of rotatable bonds is 9. The summed E-state index contributed by atoms with van der Waals surface area (Å²) in [5, 5.41) is 0. The van der Waals surface area contributed by atoms with E-state index in [9.17, 15) is 9.59 Å². The topological polar surface area (TPSA) is 95.8 Å². The van der Waals surface area contributed by atoms with Gasteiger partial charge in [-0.25, -0.2) is 19.6 Å². The van der Waals surface area contributed by atoms with Gasteiger partial charge < -0.3 is 18.9 Å². The Morgan fingerprint density at radius 3 is 1.33 bits per heavy atom. The second kappa shape index (κ2) is 12.2. The van der Waals surface area contributed by atoms with Crippen LogP contribution < -0.4 is 9.47 Å². The van der Waals surface area contributed by atoms with Crippen LogP contribution in [0.2, 0.25) is 0 Å². The van der Waals surface area contributed by atoms with Gasteiger partial charge in [0.2, 0.25) is 11.8 Å². The van der Waals surface area contributed by atoms with Crippen molar-refractivity contribution in [1.82, 2.24) is 0 Å². The van der Waals surface area contributed by atoms with Crippen LogP contribution in [-0.4, -0.2) is 36.9 Å². The molecule has 0 N–H and O–H groups in total. The zero-order valence-corrected chi connectivity index (χ0v) is 22.3. The minimum absolute atomic E-state index is 0.187. The normalized spacial score (nSPS) is 16.2. The first kappa shape index (κ1) is 26.5. The van der Waals surface area contributed by atoms with Gasteiger partial charge >= 0.3 is 11.9 Å². The predicted octanol–water partition coefficient (Wildman–Crippen LogP) is 5.83. The lowest BCUT2D eigenvalue weighted by atomic mass is 10.1.